The van der Waals surface area contributed by atoms with Crippen molar-refractivity contribution in [1.82, 2.24) is 0 Å². The van der Waals surface area contributed by atoms with Crippen molar-refractivity contribution in [2.24, 2.45) is 0 Å². The fourth-order valence-electron chi connectivity index (χ4n) is 3.28. The SMILES string of the molecule is CCCCCCCCCCCCCCCC(=O)OCCOCCOCCOCCC(=O)O. The maximum absolute atomic E-state index is 11.7. The van der Waals surface area contributed by atoms with Crippen molar-refractivity contribution >= 4 is 11.9 Å². The first-order chi connectivity index (χ1) is 15.7. The Labute approximate surface area is 195 Å². The first-order valence-electron chi connectivity index (χ1n) is 12.8. The molecular formula is C25H48O7. The predicted octanol–water partition coefficient (Wildman–Crippen LogP) is 5.54. The average Bonchev–Trinajstić information content (AvgIpc) is 2.77. The fourth-order valence-corrected chi connectivity index (χ4v) is 3.28. The summed E-state index contributed by atoms with van der Waals surface area (Å²) in [5.74, 6) is -1.02. The molecular weight excluding hydrogens is 412 g/mol. The van der Waals surface area contributed by atoms with Gasteiger partial charge < -0.3 is 24.1 Å². The van der Waals surface area contributed by atoms with Gasteiger partial charge in [-0.25, -0.2) is 0 Å². The molecule has 7 heteroatoms. The fraction of sp³-hybridized carbons (Fsp3) is 0.920. The molecule has 0 spiro atoms. The van der Waals surface area contributed by atoms with Crippen LogP contribution in [0.3, 0.4) is 0 Å². The van der Waals surface area contributed by atoms with Crippen LogP contribution in [0.4, 0.5) is 0 Å². The normalized spacial score (nSPS) is 11.0. The van der Waals surface area contributed by atoms with Gasteiger partial charge >= 0.3 is 11.9 Å². The van der Waals surface area contributed by atoms with Gasteiger partial charge in [0.15, 0.2) is 0 Å². The third-order valence-electron chi connectivity index (χ3n) is 5.18. The maximum Gasteiger partial charge on any atom is 0.305 e. The van der Waals surface area contributed by atoms with Crippen LogP contribution in [-0.2, 0) is 28.5 Å². The average molecular weight is 461 g/mol. The summed E-state index contributed by atoms with van der Waals surface area (Å²) in [5, 5.41) is 8.46. The molecule has 0 aromatic heterocycles. The first-order valence-corrected chi connectivity index (χ1v) is 12.8. The molecule has 0 rings (SSSR count). The highest BCUT2D eigenvalue weighted by atomic mass is 16.6. The molecule has 0 amide bonds. The number of rotatable bonds is 26. The van der Waals surface area contributed by atoms with Gasteiger partial charge in [-0.05, 0) is 6.42 Å². The summed E-state index contributed by atoms with van der Waals surface area (Å²) < 4.78 is 20.9. The summed E-state index contributed by atoms with van der Waals surface area (Å²) in [6.45, 7) is 4.70. The molecule has 0 radical (unpaired) electrons. The van der Waals surface area contributed by atoms with Gasteiger partial charge in [0.25, 0.3) is 0 Å². The molecule has 32 heavy (non-hydrogen) atoms. The Kier molecular flexibility index (Phi) is 25.1. The van der Waals surface area contributed by atoms with E-state index in [0.29, 0.717) is 39.5 Å². The van der Waals surface area contributed by atoms with Crippen LogP contribution in [0.1, 0.15) is 103 Å². The number of hydrogen-bond acceptors (Lipinski definition) is 6. The summed E-state index contributed by atoms with van der Waals surface area (Å²) in [6, 6.07) is 0. The largest absolute Gasteiger partial charge is 0.481 e. The second kappa shape index (κ2) is 26.1. The minimum absolute atomic E-state index is 0.00118. The van der Waals surface area contributed by atoms with Crippen LogP contribution in [0, 0.1) is 0 Å². The lowest BCUT2D eigenvalue weighted by molar-refractivity contribution is -0.145. The minimum Gasteiger partial charge on any atom is -0.481 e. The molecule has 7 nitrogen and oxygen atoms in total. The Balaban J connectivity index is 3.16. The highest BCUT2D eigenvalue weighted by Crippen LogP contribution is 2.13. The summed E-state index contributed by atoms with van der Waals surface area (Å²) in [4.78, 5) is 22.0. The molecule has 0 aliphatic carbocycles. The van der Waals surface area contributed by atoms with Crippen LogP contribution in [0.25, 0.3) is 0 Å². The summed E-state index contributed by atoms with van der Waals surface area (Å²) in [5.41, 5.74) is 0. The van der Waals surface area contributed by atoms with Crippen LogP contribution >= 0.6 is 0 Å². The molecule has 0 aliphatic heterocycles. The van der Waals surface area contributed by atoms with E-state index in [0.717, 1.165) is 12.8 Å². The Hall–Kier alpha value is -1.18. The quantitative estimate of drug-likeness (QED) is 0.134. The molecule has 1 N–H and O–H groups in total. The van der Waals surface area contributed by atoms with Crippen LogP contribution in [0.2, 0.25) is 0 Å². The first kappa shape index (κ1) is 30.8. The van der Waals surface area contributed by atoms with Gasteiger partial charge in [0, 0.05) is 6.42 Å². The number of carbonyl (C=O) groups is 2. The molecule has 0 aromatic rings. The smallest absolute Gasteiger partial charge is 0.305 e. The van der Waals surface area contributed by atoms with Crippen LogP contribution in [-0.4, -0.2) is 63.3 Å². The number of ether oxygens (including phenoxy) is 4. The number of aliphatic carboxylic acids is 1. The van der Waals surface area contributed by atoms with E-state index in [1.165, 1.54) is 70.6 Å². The lowest BCUT2D eigenvalue weighted by atomic mass is 10.0. The monoisotopic (exact) mass is 460 g/mol. The standard InChI is InChI=1S/C25H48O7/c1-2-3-4-5-6-7-8-9-10-11-12-13-14-15-25(28)32-23-22-31-21-20-30-19-18-29-17-16-24(26)27/h2-23H2,1H3,(H,26,27). The zero-order chi connectivity index (χ0) is 23.5. The number of hydrogen-bond donors (Lipinski definition) is 1. The number of unbranched alkanes of at least 4 members (excludes halogenated alkanes) is 12. The van der Waals surface area contributed by atoms with E-state index < -0.39 is 5.97 Å². The number of esters is 1. The Morgan fingerprint density at radius 3 is 1.41 bits per heavy atom. The third kappa shape index (κ3) is 26.9. The van der Waals surface area contributed by atoms with Crippen molar-refractivity contribution in [2.75, 3.05) is 46.2 Å². The van der Waals surface area contributed by atoms with Crippen LogP contribution in [0.15, 0.2) is 0 Å². The number of carbonyl (C=O) groups excluding carboxylic acids is 1. The lowest BCUT2D eigenvalue weighted by Crippen LogP contribution is -2.14. The van der Waals surface area contributed by atoms with E-state index in [9.17, 15) is 9.59 Å². The predicted molar refractivity (Wildman–Crippen MR) is 126 cm³/mol. The number of carboxylic acid groups (broad SMARTS) is 1. The van der Waals surface area contributed by atoms with Crippen molar-refractivity contribution in [3.8, 4) is 0 Å². The third-order valence-corrected chi connectivity index (χ3v) is 5.18. The minimum atomic E-state index is -0.871. The van der Waals surface area contributed by atoms with Crippen molar-refractivity contribution < 1.29 is 33.6 Å². The van der Waals surface area contributed by atoms with Gasteiger partial charge in [0.05, 0.1) is 46.1 Å². The van der Waals surface area contributed by atoms with Gasteiger partial charge in [0.2, 0.25) is 0 Å². The van der Waals surface area contributed by atoms with Gasteiger partial charge in [0.1, 0.15) is 6.61 Å². The van der Waals surface area contributed by atoms with Crippen molar-refractivity contribution in [3.05, 3.63) is 0 Å². The van der Waals surface area contributed by atoms with Crippen LogP contribution < -0.4 is 0 Å². The molecule has 190 valence electrons. The zero-order valence-electron chi connectivity index (χ0n) is 20.5. The molecule has 0 aliphatic rings. The molecule has 0 saturated heterocycles. The topological polar surface area (TPSA) is 91.3 Å². The summed E-state index contributed by atoms with van der Waals surface area (Å²) >= 11 is 0. The molecule has 0 unspecified atom stereocenters. The van der Waals surface area contributed by atoms with Gasteiger partial charge in [-0.3, -0.25) is 9.59 Å². The molecule has 0 bridgehead atoms. The second-order valence-corrected chi connectivity index (χ2v) is 8.19. The Bertz CT molecular complexity index is 415. The van der Waals surface area contributed by atoms with Crippen LogP contribution in [0.5, 0.6) is 0 Å². The summed E-state index contributed by atoms with van der Waals surface area (Å²) in [6.07, 6.45) is 17.3. The molecule has 0 heterocycles. The Morgan fingerprint density at radius 2 is 0.938 bits per heavy atom. The van der Waals surface area contributed by atoms with E-state index in [2.05, 4.69) is 6.92 Å². The Morgan fingerprint density at radius 1 is 0.531 bits per heavy atom. The van der Waals surface area contributed by atoms with Crippen molar-refractivity contribution in [1.29, 1.82) is 0 Å². The molecule has 0 fully saturated rings. The molecule has 0 atom stereocenters. The van der Waals surface area contributed by atoms with E-state index in [-0.39, 0.29) is 25.6 Å². The molecule has 0 aromatic carbocycles. The van der Waals surface area contributed by atoms with Crippen molar-refractivity contribution in [2.45, 2.75) is 103 Å². The number of carboxylic acids is 1. The van der Waals surface area contributed by atoms with E-state index in [1.54, 1.807) is 0 Å². The van der Waals surface area contributed by atoms with Gasteiger partial charge in [-0.2, -0.15) is 0 Å². The zero-order valence-corrected chi connectivity index (χ0v) is 20.5. The highest BCUT2D eigenvalue weighted by Gasteiger charge is 2.03. The maximum atomic E-state index is 11.7. The lowest BCUT2D eigenvalue weighted by Gasteiger charge is -2.07. The van der Waals surface area contributed by atoms with E-state index in [4.69, 9.17) is 24.1 Å². The molecule has 0 saturated carbocycles. The van der Waals surface area contributed by atoms with Gasteiger partial charge in [-0.15, -0.1) is 0 Å². The van der Waals surface area contributed by atoms with E-state index in [1.807, 2.05) is 0 Å². The second-order valence-electron chi connectivity index (χ2n) is 8.19. The van der Waals surface area contributed by atoms with Gasteiger partial charge in [-0.1, -0.05) is 84.0 Å². The van der Waals surface area contributed by atoms with Crippen molar-refractivity contribution in [3.63, 3.8) is 0 Å². The summed E-state index contributed by atoms with van der Waals surface area (Å²) in [7, 11) is 0. The highest BCUT2D eigenvalue weighted by molar-refractivity contribution is 5.69. The van der Waals surface area contributed by atoms with E-state index >= 15 is 0 Å².